The SMILES string of the molecule is CCCCCCCCC1=CC[C@H](O[Si](CC)(CC)CC)[C@@H]1CCC=C=CC(O[Si](C)(C)C(C)(C)C)C(=O)O. The molecule has 220 valence electrons. The summed E-state index contributed by atoms with van der Waals surface area (Å²) in [5, 5.41) is 9.68. The van der Waals surface area contributed by atoms with E-state index in [9.17, 15) is 9.90 Å². The topological polar surface area (TPSA) is 55.8 Å². The van der Waals surface area contributed by atoms with Crippen molar-refractivity contribution in [3.8, 4) is 0 Å². The highest BCUT2D eigenvalue weighted by atomic mass is 28.4. The van der Waals surface area contributed by atoms with Crippen LogP contribution in [0.25, 0.3) is 0 Å². The number of hydrogen-bond acceptors (Lipinski definition) is 3. The van der Waals surface area contributed by atoms with E-state index in [1.54, 1.807) is 11.6 Å². The Morgan fingerprint density at radius 2 is 1.68 bits per heavy atom. The van der Waals surface area contributed by atoms with E-state index in [2.05, 4.69) is 73.4 Å². The minimum atomic E-state index is -2.18. The van der Waals surface area contributed by atoms with Gasteiger partial charge >= 0.3 is 5.97 Å². The molecule has 1 unspecified atom stereocenters. The molecule has 0 radical (unpaired) electrons. The fourth-order valence-electron chi connectivity index (χ4n) is 5.19. The zero-order chi connectivity index (χ0) is 28.8. The predicted octanol–water partition coefficient (Wildman–Crippen LogP) is 10.0. The first-order valence-corrected chi connectivity index (χ1v) is 21.0. The maximum absolute atomic E-state index is 11.9. The van der Waals surface area contributed by atoms with Crippen molar-refractivity contribution in [2.45, 2.75) is 161 Å². The van der Waals surface area contributed by atoms with Gasteiger partial charge in [-0.05, 0) is 80.5 Å². The van der Waals surface area contributed by atoms with Gasteiger partial charge in [-0.25, -0.2) is 4.79 Å². The van der Waals surface area contributed by atoms with Gasteiger partial charge in [-0.2, -0.15) is 0 Å². The summed E-state index contributed by atoms with van der Waals surface area (Å²) >= 11 is 0. The fourth-order valence-corrected chi connectivity index (χ4v) is 9.25. The lowest BCUT2D eigenvalue weighted by atomic mass is 9.90. The third-order valence-corrected chi connectivity index (χ3v) is 18.3. The van der Waals surface area contributed by atoms with Gasteiger partial charge in [-0.1, -0.05) is 92.2 Å². The Hall–Kier alpha value is -0.916. The normalized spacial score (nSPS) is 19.1. The van der Waals surface area contributed by atoms with Gasteiger partial charge in [0.25, 0.3) is 0 Å². The van der Waals surface area contributed by atoms with E-state index in [0.29, 0.717) is 12.0 Å². The number of carboxylic acids is 1. The molecule has 0 heterocycles. The van der Waals surface area contributed by atoms with Crippen molar-refractivity contribution in [3.05, 3.63) is 29.5 Å². The molecule has 1 rings (SSSR count). The first-order valence-electron chi connectivity index (χ1n) is 15.5. The van der Waals surface area contributed by atoms with E-state index in [1.807, 2.05) is 6.08 Å². The number of rotatable bonds is 19. The molecule has 1 aliphatic rings. The van der Waals surface area contributed by atoms with Gasteiger partial charge in [0, 0.05) is 5.92 Å². The van der Waals surface area contributed by atoms with Crippen molar-refractivity contribution in [2.75, 3.05) is 0 Å². The van der Waals surface area contributed by atoms with Gasteiger partial charge in [-0.15, -0.1) is 5.73 Å². The lowest BCUT2D eigenvalue weighted by Gasteiger charge is -2.37. The molecule has 1 N–H and O–H groups in total. The van der Waals surface area contributed by atoms with Gasteiger partial charge in [0.05, 0.1) is 6.10 Å². The molecule has 1 aliphatic carbocycles. The maximum atomic E-state index is 11.9. The number of hydrogen-bond donors (Lipinski definition) is 1. The van der Waals surface area contributed by atoms with Crippen molar-refractivity contribution in [1.82, 2.24) is 0 Å². The highest BCUT2D eigenvalue weighted by Crippen LogP contribution is 2.39. The summed E-state index contributed by atoms with van der Waals surface area (Å²) in [5.41, 5.74) is 4.76. The quantitative estimate of drug-likeness (QED) is 0.0734. The van der Waals surface area contributed by atoms with Crippen LogP contribution in [0.5, 0.6) is 0 Å². The lowest BCUT2D eigenvalue weighted by molar-refractivity contribution is -0.143. The zero-order valence-electron chi connectivity index (χ0n) is 26.3. The standard InChI is InChI=1S/C32H60O4Si2/c1-10-14-15-16-17-19-22-27-25-26-29(36-38(11-2,12-3)13-4)28(27)23-20-18-21-24-30(31(33)34)35-37(8,9)32(5,6)7/h18,24-25,28-30H,10-17,19-20,22-23,26H2,1-9H3,(H,33,34)/t21?,28-,29+,30?/m1/s1. The number of aliphatic carboxylic acids is 1. The monoisotopic (exact) mass is 564 g/mol. The Labute approximate surface area is 237 Å². The van der Waals surface area contributed by atoms with Crippen LogP contribution in [0.15, 0.2) is 29.5 Å². The molecule has 0 saturated carbocycles. The third-order valence-electron chi connectivity index (χ3n) is 9.15. The fraction of sp³-hybridized carbons (Fsp3) is 0.812. The van der Waals surface area contributed by atoms with Gasteiger partial charge in [0.15, 0.2) is 22.7 Å². The van der Waals surface area contributed by atoms with Gasteiger partial charge in [-0.3, -0.25) is 0 Å². The lowest BCUT2D eigenvalue weighted by Crippen LogP contribution is -2.45. The summed E-state index contributed by atoms with van der Waals surface area (Å²) < 4.78 is 13.1. The Balaban J connectivity index is 2.88. The van der Waals surface area contributed by atoms with Gasteiger partial charge in [0.2, 0.25) is 0 Å². The molecule has 0 aromatic rings. The van der Waals surface area contributed by atoms with E-state index in [1.165, 1.54) is 63.1 Å². The molecule has 0 spiro atoms. The van der Waals surface area contributed by atoms with Crippen LogP contribution < -0.4 is 0 Å². The number of carbonyl (C=O) groups is 1. The molecule has 0 aliphatic heterocycles. The van der Waals surface area contributed by atoms with E-state index in [4.69, 9.17) is 8.85 Å². The maximum Gasteiger partial charge on any atom is 0.336 e. The number of unbranched alkanes of at least 4 members (excludes halogenated alkanes) is 5. The van der Waals surface area contributed by atoms with Crippen molar-refractivity contribution in [3.63, 3.8) is 0 Å². The molecule has 0 aromatic heterocycles. The third kappa shape index (κ3) is 11.3. The second kappa shape index (κ2) is 17.0. The van der Waals surface area contributed by atoms with Crippen molar-refractivity contribution in [1.29, 1.82) is 0 Å². The predicted molar refractivity (Wildman–Crippen MR) is 168 cm³/mol. The van der Waals surface area contributed by atoms with E-state index < -0.39 is 28.7 Å². The molecule has 4 nitrogen and oxygen atoms in total. The number of carboxylic acid groups (broad SMARTS) is 1. The van der Waals surface area contributed by atoms with Crippen LogP contribution in [-0.4, -0.2) is 39.9 Å². The van der Waals surface area contributed by atoms with Gasteiger partial charge < -0.3 is 14.0 Å². The van der Waals surface area contributed by atoms with Crippen LogP contribution in [0.4, 0.5) is 0 Å². The largest absolute Gasteiger partial charge is 0.479 e. The summed E-state index contributed by atoms with van der Waals surface area (Å²) in [6.07, 6.45) is 17.5. The van der Waals surface area contributed by atoms with Crippen LogP contribution in [0.1, 0.15) is 113 Å². The molecule has 0 amide bonds. The van der Waals surface area contributed by atoms with Crippen molar-refractivity contribution in [2.24, 2.45) is 5.92 Å². The summed E-state index contributed by atoms with van der Waals surface area (Å²) in [6.45, 7) is 19.8. The molecule has 0 saturated heterocycles. The summed E-state index contributed by atoms with van der Waals surface area (Å²) in [6, 6.07) is 3.55. The second-order valence-electron chi connectivity index (χ2n) is 12.8. The van der Waals surface area contributed by atoms with Crippen LogP contribution in [0.2, 0.25) is 36.3 Å². The Morgan fingerprint density at radius 3 is 2.24 bits per heavy atom. The Morgan fingerprint density at radius 1 is 1.08 bits per heavy atom. The van der Waals surface area contributed by atoms with Crippen molar-refractivity contribution >= 4 is 22.6 Å². The molecule has 38 heavy (non-hydrogen) atoms. The zero-order valence-corrected chi connectivity index (χ0v) is 28.3. The highest BCUT2D eigenvalue weighted by Gasteiger charge is 2.40. The second-order valence-corrected chi connectivity index (χ2v) is 22.3. The van der Waals surface area contributed by atoms with E-state index >= 15 is 0 Å². The van der Waals surface area contributed by atoms with Crippen LogP contribution in [0.3, 0.4) is 0 Å². The van der Waals surface area contributed by atoms with Crippen molar-refractivity contribution < 1.29 is 18.8 Å². The average molecular weight is 565 g/mol. The van der Waals surface area contributed by atoms with E-state index in [0.717, 1.165) is 19.3 Å². The smallest absolute Gasteiger partial charge is 0.336 e. The Kier molecular flexibility index (Phi) is 15.7. The molecule has 3 atom stereocenters. The van der Waals surface area contributed by atoms with Gasteiger partial charge in [0.1, 0.15) is 0 Å². The Bertz CT molecular complexity index is 778. The first-order chi connectivity index (χ1) is 17.9. The van der Waals surface area contributed by atoms with Crippen LogP contribution in [0, 0.1) is 5.92 Å². The molecular weight excluding hydrogens is 505 g/mol. The van der Waals surface area contributed by atoms with Crippen LogP contribution >= 0.6 is 0 Å². The first kappa shape index (κ1) is 35.1. The molecule has 0 bridgehead atoms. The molecule has 6 heteroatoms. The minimum absolute atomic E-state index is 0.0392. The van der Waals surface area contributed by atoms with Crippen LogP contribution in [-0.2, 0) is 13.6 Å². The summed E-state index contributed by atoms with van der Waals surface area (Å²) in [7, 11) is -3.85. The average Bonchev–Trinajstić information content (AvgIpc) is 3.23. The highest BCUT2D eigenvalue weighted by molar-refractivity contribution is 6.74. The molecular formula is C32H60O4Si2. The summed E-state index contributed by atoms with van der Waals surface area (Å²) in [4.78, 5) is 11.9. The molecule has 0 aromatic carbocycles. The van der Waals surface area contributed by atoms with E-state index in [-0.39, 0.29) is 5.04 Å². The minimum Gasteiger partial charge on any atom is -0.479 e. The summed E-state index contributed by atoms with van der Waals surface area (Å²) in [5.74, 6) is -0.469. The molecule has 0 fully saturated rings.